The van der Waals surface area contributed by atoms with Gasteiger partial charge in [-0.3, -0.25) is 4.79 Å². The first-order valence-corrected chi connectivity index (χ1v) is 5.32. The Balaban J connectivity index is 2.13. The van der Waals surface area contributed by atoms with Gasteiger partial charge in [-0.15, -0.1) is 0 Å². The molecular weight excluding hydrogens is 208 g/mol. The van der Waals surface area contributed by atoms with E-state index in [9.17, 15) is 4.79 Å². The predicted octanol–water partition coefficient (Wildman–Crippen LogP) is 1.38. The Bertz CT molecular complexity index is 402. The van der Waals surface area contributed by atoms with Gasteiger partial charge in [-0.25, -0.2) is 4.98 Å². The lowest BCUT2D eigenvalue weighted by molar-refractivity contribution is -0.136. The van der Waals surface area contributed by atoms with Gasteiger partial charge in [0.1, 0.15) is 5.82 Å². The lowest BCUT2D eigenvalue weighted by Crippen LogP contribution is -2.04. The van der Waals surface area contributed by atoms with E-state index in [2.05, 4.69) is 9.97 Å². The molecule has 0 spiro atoms. The molecule has 1 fully saturated rings. The molecule has 0 atom stereocenters. The summed E-state index contributed by atoms with van der Waals surface area (Å²) in [6, 6.07) is 0. The largest absolute Gasteiger partial charge is 0.481 e. The summed E-state index contributed by atoms with van der Waals surface area (Å²) in [5.41, 5.74) is 0.759. The number of nitrogens with zero attached hydrogens (tertiary/aromatic N) is 2. The molecule has 1 heterocycles. The smallest absolute Gasteiger partial charge is 0.303 e. The van der Waals surface area contributed by atoms with Gasteiger partial charge >= 0.3 is 5.97 Å². The Morgan fingerprint density at radius 2 is 2.38 bits per heavy atom. The molecule has 1 saturated carbocycles. The number of hydrogen-bond donors (Lipinski definition) is 1. The molecule has 1 N–H and O–H groups in total. The van der Waals surface area contributed by atoms with Gasteiger partial charge in [0.15, 0.2) is 0 Å². The third-order valence-electron chi connectivity index (χ3n) is 2.59. The highest BCUT2D eigenvalue weighted by atomic mass is 16.5. The van der Waals surface area contributed by atoms with Gasteiger partial charge in [-0.2, -0.15) is 4.98 Å². The zero-order chi connectivity index (χ0) is 11.5. The number of methoxy groups -OCH3 is 1. The van der Waals surface area contributed by atoms with Crippen LogP contribution in [0.3, 0.4) is 0 Å². The van der Waals surface area contributed by atoms with Crippen molar-refractivity contribution in [1.82, 2.24) is 9.97 Å². The summed E-state index contributed by atoms with van der Waals surface area (Å²) in [5.74, 6) is 0.977. The molecule has 0 radical (unpaired) electrons. The van der Waals surface area contributed by atoms with Gasteiger partial charge in [0.25, 0.3) is 0 Å². The highest BCUT2D eigenvalue weighted by molar-refractivity contribution is 5.67. The molecule has 0 saturated heterocycles. The Labute approximate surface area is 93.5 Å². The second kappa shape index (κ2) is 4.47. The normalized spacial score (nSPS) is 14.8. The molecule has 1 aromatic heterocycles. The lowest BCUT2D eigenvalue weighted by atomic mass is 10.2. The minimum Gasteiger partial charge on any atom is -0.481 e. The topological polar surface area (TPSA) is 72.3 Å². The summed E-state index contributed by atoms with van der Waals surface area (Å²) in [7, 11) is 1.54. The van der Waals surface area contributed by atoms with E-state index in [0.717, 1.165) is 24.2 Å². The number of aliphatic carboxylic acids is 1. The van der Waals surface area contributed by atoms with Crippen molar-refractivity contribution in [1.29, 1.82) is 0 Å². The quantitative estimate of drug-likeness (QED) is 0.814. The molecule has 86 valence electrons. The minimum atomic E-state index is -0.826. The van der Waals surface area contributed by atoms with Crippen molar-refractivity contribution in [3.8, 4) is 5.88 Å². The van der Waals surface area contributed by atoms with Crippen molar-refractivity contribution in [2.45, 2.75) is 31.6 Å². The minimum absolute atomic E-state index is 0.0719. The van der Waals surface area contributed by atoms with Crippen molar-refractivity contribution in [3.63, 3.8) is 0 Å². The van der Waals surface area contributed by atoms with Crippen LogP contribution in [0.2, 0.25) is 0 Å². The van der Waals surface area contributed by atoms with Crippen molar-refractivity contribution in [2.75, 3.05) is 7.11 Å². The number of carbonyl (C=O) groups is 1. The summed E-state index contributed by atoms with van der Waals surface area (Å²) in [6.07, 6.45) is 4.43. The van der Waals surface area contributed by atoms with E-state index in [4.69, 9.17) is 9.84 Å². The number of aryl methyl sites for hydroxylation is 1. The average Bonchev–Trinajstić information content (AvgIpc) is 3.09. The van der Waals surface area contributed by atoms with Crippen LogP contribution in [0.25, 0.3) is 0 Å². The van der Waals surface area contributed by atoms with Crippen molar-refractivity contribution < 1.29 is 14.6 Å². The molecule has 1 aliphatic carbocycles. The van der Waals surface area contributed by atoms with Gasteiger partial charge in [0.2, 0.25) is 5.88 Å². The molecule has 0 amide bonds. The highest BCUT2D eigenvalue weighted by Crippen LogP contribution is 2.38. The fraction of sp³-hybridized carbons (Fsp3) is 0.545. The maximum atomic E-state index is 10.5. The van der Waals surface area contributed by atoms with E-state index >= 15 is 0 Å². The molecule has 0 aliphatic heterocycles. The van der Waals surface area contributed by atoms with E-state index in [-0.39, 0.29) is 6.42 Å². The average molecular weight is 222 g/mol. The zero-order valence-electron chi connectivity index (χ0n) is 9.14. The first-order valence-electron chi connectivity index (χ1n) is 5.32. The Morgan fingerprint density at radius 1 is 1.62 bits per heavy atom. The van der Waals surface area contributed by atoms with Crippen LogP contribution in [-0.4, -0.2) is 28.2 Å². The van der Waals surface area contributed by atoms with Gasteiger partial charge in [-0.1, -0.05) is 0 Å². The molecule has 1 aliphatic rings. The van der Waals surface area contributed by atoms with Gasteiger partial charge in [0, 0.05) is 24.1 Å². The van der Waals surface area contributed by atoms with Crippen molar-refractivity contribution >= 4 is 5.97 Å². The van der Waals surface area contributed by atoms with Crippen LogP contribution < -0.4 is 4.74 Å². The third-order valence-corrected chi connectivity index (χ3v) is 2.59. The number of aromatic nitrogens is 2. The monoisotopic (exact) mass is 222 g/mol. The molecule has 0 bridgehead atoms. The second-order valence-electron chi connectivity index (χ2n) is 3.93. The molecule has 5 heteroatoms. The zero-order valence-corrected chi connectivity index (χ0v) is 9.14. The van der Waals surface area contributed by atoms with Crippen LogP contribution in [0.15, 0.2) is 6.20 Å². The van der Waals surface area contributed by atoms with E-state index in [0.29, 0.717) is 18.2 Å². The van der Waals surface area contributed by atoms with Gasteiger partial charge < -0.3 is 9.84 Å². The van der Waals surface area contributed by atoms with Gasteiger partial charge in [-0.05, 0) is 19.3 Å². The fourth-order valence-electron chi connectivity index (χ4n) is 1.53. The van der Waals surface area contributed by atoms with Crippen LogP contribution in [-0.2, 0) is 11.2 Å². The molecule has 5 nitrogen and oxygen atoms in total. The summed E-state index contributed by atoms with van der Waals surface area (Å²) in [6.45, 7) is 0. The number of carboxylic acids is 1. The van der Waals surface area contributed by atoms with Crippen molar-refractivity contribution in [2.24, 2.45) is 0 Å². The summed E-state index contributed by atoms with van der Waals surface area (Å²) < 4.78 is 5.15. The number of rotatable bonds is 5. The van der Waals surface area contributed by atoms with Crippen LogP contribution in [0, 0.1) is 0 Å². The number of hydrogen-bond acceptors (Lipinski definition) is 4. The number of carboxylic acid groups (broad SMARTS) is 1. The lowest BCUT2D eigenvalue weighted by Gasteiger charge is -2.07. The first kappa shape index (κ1) is 10.9. The second-order valence-corrected chi connectivity index (χ2v) is 3.93. The first-order chi connectivity index (χ1) is 7.70. The van der Waals surface area contributed by atoms with E-state index in [1.165, 1.54) is 0 Å². The van der Waals surface area contributed by atoms with Crippen LogP contribution in [0.5, 0.6) is 5.88 Å². The fourth-order valence-corrected chi connectivity index (χ4v) is 1.53. The predicted molar refractivity (Wildman–Crippen MR) is 56.5 cm³/mol. The van der Waals surface area contributed by atoms with Gasteiger partial charge in [0.05, 0.1) is 7.11 Å². The van der Waals surface area contributed by atoms with E-state index in [1.54, 1.807) is 13.3 Å². The maximum Gasteiger partial charge on any atom is 0.303 e. The SMILES string of the molecule is COc1nc(C2CC2)ncc1CCC(=O)O. The third kappa shape index (κ3) is 2.48. The number of ether oxygens (including phenoxy) is 1. The van der Waals surface area contributed by atoms with Crippen LogP contribution in [0.1, 0.15) is 36.6 Å². The molecule has 0 aromatic carbocycles. The van der Waals surface area contributed by atoms with E-state index in [1.807, 2.05) is 0 Å². The summed E-state index contributed by atoms with van der Waals surface area (Å²) >= 11 is 0. The summed E-state index contributed by atoms with van der Waals surface area (Å²) in [5, 5.41) is 8.61. The van der Waals surface area contributed by atoms with Crippen molar-refractivity contribution in [3.05, 3.63) is 17.6 Å². The molecule has 0 unspecified atom stereocenters. The maximum absolute atomic E-state index is 10.5. The standard InChI is InChI=1S/C11H14N2O3/c1-16-11-8(4-5-9(14)15)6-12-10(13-11)7-2-3-7/h6-7H,2-5H2,1H3,(H,14,15). The molecule has 1 aromatic rings. The Morgan fingerprint density at radius 3 is 2.94 bits per heavy atom. The Hall–Kier alpha value is -1.65. The molecular formula is C11H14N2O3. The molecule has 16 heavy (non-hydrogen) atoms. The molecule has 2 rings (SSSR count). The summed E-state index contributed by atoms with van der Waals surface area (Å²) in [4.78, 5) is 19.0. The van der Waals surface area contributed by atoms with Crippen LogP contribution in [0.4, 0.5) is 0 Å². The van der Waals surface area contributed by atoms with Crippen LogP contribution >= 0.6 is 0 Å². The van der Waals surface area contributed by atoms with E-state index < -0.39 is 5.97 Å². The highest BCUT2D eigenvalue weighted by Gasteiger charge is 2.27. The Kier molecular flexibility index (Phi) is 3.03.